The zero-order valence-corrected chi connectivity index (χ0v) is 7.41. The van der Waals surface area contributed by atoms with Gasteiger partial charge in [0.05, 0.1) is 0 Å². The number of hydrogen-bond donors (Lipinski definition) is 2. The van der Waals surface area contributed by atoms with Gasteiger partial charge in [0.15, 0.2) is 0 Å². The first-order chi connectivity index (χ1) is 4.30. The van der Waals surface area contributed by atoms with Gasteiger partial charge in [-0.05, 0) is 5.30 Å². The topological polar surface area (TPSA) is 0 Å². The van der Waals surface area contributed by atoms with Crippen LogP contribution in [-0.4, -0.2) is 0 Å². The maximum atomic E-state index is 4.22. The standard InChI is InChI=1S/C6H7PS2/c8-7(9)6-4-2-1-3-5-6/h1-5,8-9H. The van der Waals surface area contributed by atoms with E-state index in [1.165, 1.54) is 5.30 Å². The highest BCUT2D eigenvalue weighted by atomic mass is 33.1. The Kier molecular flexibility index (Phi) is 2.90. The highest BCUT2D eigenvalue weighted by Crippen LogP contribution is 2.43. The Morgan fingerprint density at radius 1 is 1.00 bits per heavy atom. The summed E-state index contributed by atoms with van der Waals surface area (Å²) in [5.74, 6) is 0. The fraction of sp³-hybridized carbons (Fsp3) is 0. The van der Waals surface area contributed by atoms with Gasteiger partial charge in [-0.2, -0.15) is 0 Å². The van der Waals surface area contributed by atoms with Crippen molar-refractivity contribution in [3.05, 3.63) is 30.3 Å². The molecule has 0 heterocycles. The maximum absolute atomic E-state index is 4.22. The normalized spacial score (nSPS) is 10.1. The molecule has 0 spiro atoms. The predicted molar refractivity (Wildman–Crippen MR) is 51.0 cm³/mol. The summed E-state index contributed by atoms with van der Waals surface area (Å²) < 4.78 is 0. The number of rotatable bonds is 1. The van der Waals surface area contributed by atoms with E-state index in [9.17, 15) is 0 Å². The van der Waals surface area contributed by atoms with E-state index in [2.05, 4.69) is 24.5 Å². The van der Waals surface area contributed by atoms with Crippen LogP contribution in [0, 0.1) is 0 Å². The van der Waals surface area contributed by atoms with E-state index < -0.39 is 6.33 Å². The second kappa shape index (κ2) is 3.50. The minimum Gasteiger partial charge on any atom is -0.136 e. The molecule has 0 amide bonds. The Morgan fingerprint density at radius 3 is 1.89 bits per heavy atom. The van der Waals surface area contributed by atoms with Crippen molar-refractivity contribution in [3.8, 4) is 0 Å². The predicted octanol–water partition coefficient (Wildman–Crippen LogP) is 2.48. The van der Waals surface area contributed by atoms with Gasteiger partial charge in [-0.15, -0.1) is 24.5 Å². The Labute approximate surface area is 66.7 Å². The van der Waals surface area contributed by atoms with E-state index in [0.717, 1.165) is 0 Å². The van der Waals surface area contributed by atoms with Gasteiger partial charge in [0.25, 0.3) is 0 Å². The molecule has 0 aliphatic carbocycles. The van der Waals surface area contributed by atoms with Crippen LogP contribution in [0.3, 0.4) is 0 Å². The van der Waals surface area contributed by atoms with Crippen LogP contribution in [0.1, 0.15) is 0 Å². The van der Waals surface area contributed by atoms with Gasteiger partial charge < -0.3 is 0 Å². The molecule has 0 nitrogen and oxygen atoms in total. The molecule has 0 aromatic heterocycles. The average Bonchev–Trinajstić information content (AvgIpc) is 1.90. The molecule has 0 saturated carbocycles. The highest BCUT2D eigenvalue weighted by Gasteiger charge is 1.95. The van der Waals surface area contributed by atoms with E-state index in [1.807, 2.05) is 30.3 Å². The van der Waals surface area contributed by atoms with E-state index in [4.69, 9.17) is 0 Å². The molecule has 1 aromatic rings. The SMILES string of the molecule is SP(S)c1ccccc1. The van der Waals surface area contributed by atoms with Gasteiger partial charge in [0.1, 0.15) is 0 Å². The summed E-state index contributed by atoms with van der Waals surface area (Å²) in [7, 11) is 0. The van der Waals surface area contributed by atoms with Gasteiger partial charge in [-0.25, -0.2) is 0 Å². The third-order valence-electron chi connectivity index (χ3n) is 0.987. The average molecular weight is 174 g/mol. The number of thiol groups is 2. The lowest BCUT2D eigenvalue weighted by Crippen LogP contribution is -1.89. The van der Waals surface area contributed by atoms with Crippen LogP contribution in [-0.2, 0) is 0 Å². The number of hydrogen-bond acceptors (Lipinski definition) is 2. The molecule has 0 atom stereocenters. The third kappa shape index (κ3) is 2.21. The first-order valence-corrected chi connectivity index (χ1v) is 6.18. The molecule has 1 rings (SSSR count). The van der Waals surface area contributed by atoms with Gasteiger partial charge in [0, 0.05) is 6.33 Å². The highest BCUT2D eigenvalue weighted by molar-refractivity contribution is 8.80. The number of benzene rings is 1. The fourth-order valence-electron chi connectivity index (χ4n) is 0.561. The van der Waals surface area contributed by atoms with Crippen LogP contribution >= 0.6 is 30.8 Å². The lowest BCUT2D eigenvalue weighted by molar-refractivity contribution is 1.78. The second-order valence-electron chi connectivity index (χ2n) is 1.62. The smallest absolute Gasteiger partial charge is 0.0374 e. The van der Waals surface area contributed by atoms with Crippen LogP contribution in [0.15, 0.2) is 30.3 Å². The summed E-state index contributed by atoms with van der Waals surface area (Å²) in [4.78, 5) is 0. The largest absolute Gasteiger partial charge is 0.136 e. The summed E-state index contributed by atoms with van der Waals surface area (Å²) in [5.41, 5.74) is 0. The Morgan fingerprint density at radius 2 is 1.56 bits per heavy atom. The van der Waals surface area contributed by atoms with Crippen molar-refractivity contribution in [2.75, 3.05) is 0 Å². The molecule has 48 valence electrons. The zero-order valence-electron chi connectivity index (χ0n) is 4.73. The molecule has 0 radical (unpaired) electrons. The molecule has 0 aliphatic heterocycles. The monoisotopic (exact) mass is 174 g/mol. The quantitative estimate of drug-likeness (QED) is 0.474. The molecule has 0 saturated heterocycles. The molecule has 1 aromatic carbocycles. The molecule has 9 heavy (non-hydrogen) atoms. The molecule has 0 bridgehead atoms. The first-order valence-electron chi connectivity index (χ1n) is 2.53. The molecule has 0 fully saturated rings. The van der Waals surface area contributed by atoms with E-state index in [0.29, 0.717) is 0 Å². The van der Waals surface area contributed by atoms with E-state index in [-0.39, 0.29) is 0 Å². The minimum absolute atomic E-state index is 0.507. The van der Waals surface area contributed by atoms with Crippen LogP contribution in [0.2, 0.25) is 0 Å². The van der Waals surface area contributed by atoms with Crippen LogP contribution in [0.4, 0.5) is 0 Å². The molecular formula is C6H7PS2. The lowest BCUT2D eigenvalue weighted by atomic mass is 10.4. The van der Waals surface area contributed by atoms with Crippen molar-refractivity contribution in [3.63, 3.8) is 0 Å². The van der Waals surface area contributed by atoms with Gasteiger partial charge >= 0.3 is 0 Å². The second-order valence-corrected chi connectivity index (χ2v) is 6.07. The van der Waals surface area contributed by atoms with Crippen molar-refractivity contribution in [1.82, 2.24) is 0 Å². The lowest BCUT2D eigenvalue weighted by Gasteiger charge is -1.99. The van der Waals surface area contributed by atoms with Crippen LogP contribution in [0.5, 0.6) is 0 Å². The van der Waals surface area contributed by atoms with E-state index in [1.54, 1.807) is 0 Å². The van der Waals surface area contributed by atoms with Crippen molar-refractivity contribution in [1.29, 1.82) is 0 Å². The summed E-state index contributed by atoms with van der Waals surface area (Å²) >= 11 is 8.43. The maximum Gasteiger partial charge on any atom is 0.0374 e. The van der Waals surface area contributed by atoms with Crippen molar-refractivity contribution in [2.45, 2.75) is 0 Å². The third-order valence-corrected chi connectivity index (χ3v) is 3.13. The minimum atomic E-state index is -0.507. The summed E-state index contributed by atoms with van der Waals surface area (Å²) in [6.07, 6.45) is -0.507. The van der Waals surface area contributed by atoms with Crippen molar-refractivity contribution < 1.29 is 0 Å². The Hall–Kier alpha value is 0.350. The molecule has 0 N–H and O–H groups in total. The first kappa shape index (κ1) is 7.46. The summed E-state index contributed by atoms with van der Waals surface area (Å²) in [5, 5.41) is 1.21. The summed E-state index contributed by atoms with van der Waals surface area (Å²) in [6.45, 7) is 0. The zero-order chi connectivity index (χ0) is 6.69. The van der Waals surface area contributed by atoms with Gasteiger partial charge in [-0.3, -0.25) is 0 Å². The molecule has 0 aliphatic rings. The van der Waals surface area contributed by atoms with Crippen LogP contribution in [0.25, 0.3) is 0 Å². The van der Waals surface area contributed by atoms with E-state index >= 15 is 0 Å². The fourth-order valence-corrected chi connectivity index (χ4v) is 1.80. The summed E-state index contributed by atoms with van der Waals surface area (Å²) in [6, 6.07) is 10.1. The van der Waals surface area contributed by atoms with Gasteiger partial charge in [-0.1, -0.05) is 30.3 Å². The Balaban J connectivity index is 2.85. The molecule has 3 heteroatoms. The van der Waals surface area contributed by atoms with Crippen molar-refractivity contribution in [2.24, 2.45) is 0 Å². The van der Waals surface area contributed by atoms with Crippen LogP contribution < -0.4 is 5.30 Å². The molecular weight excluding hydrogens is 167 g/mol. The van der Waals surface area contributed by atoms with Crippen molar-refractivity contribution >= 4 is 36.1 Å². The van der Waals surface area contributed by atoms with Gasteiger partial charge in [0.2, 0.25) is 0 Å². The molecule has 0 unspecified atom stereocenters. The Bertz CT molecular complexity index is 174.